The van der Waals surface area contributed by atoms with E-state index in [1.165, 1.54) is 6.20 Å². The van der Waals surface area contributed by atoms with Crippen LogP contribution in [-0.4, -0.2) is 53.7 Å². The van der Waals surface area contributed by atoms with Gasteiger partial charge in [0.1, 0.15) is 11.4 Å². The molecule has 6 nitrogen and oxygen atoms in total. The van der Waals surface area contributed by atoms with Crippen LogP contribution in [0.1, 0.15) is 24.3 Å². The minimum Gasteiger partial charge on any atom is -0.493 e. The maximum Gasteiger partial charge on any atom is 0.274 e. The lowest BCUT2D eigenvalue weighted by Gasteiger charge is -2.26. The van der Waals surface area contributed by atoms with E-state index in [0.717, 1.165) is 11.3 Å². The zero-order valence-corrected chi connectivity index (χ0v) is 14.6. The van der Waals surface area contributed by atoms with Crippen LogP contribution in [0.3, 0.4) is 0 Å². The van der Waals surface area contributed by atoms with E-state index in [0.29, 0.717) is 50.2 Å². The molecule has 1 aliphatic heterocycles. The zero-order chi connectivity index (χ0) is 17.6. The fraction of sp³-hybridized carbons (Fsp3) is 0.421. The fourth-order valence-corrected chi connectivity index (χ4v) is 2.59. The second-order valence-electron chi connectivity index (χ2n) is 6.40. The monoisotopic (exact) mass is 341 g/mol. The van der Waals surface area contributed by atoms with Crippen molar-refractivity contribution in [3.05, 3.63) is 42.4 Å². The van der Waals surface area contributed by atoms with Gasteiger partial charge in [-0.15, -0.1) is 0 Å². The van der Waals surface area contributed by atoms with Gasteiger partial charge in [0.2, 0.25) is 0 Å². The Bertz CT molecular complexity index is 727. The summed E-state index contributed by atoms with van der Waals surface area (Å²) >= 11 is 0. The molecule has 0 aliphatic carbocycles. The largest absolute Gasteiger partial charge is 0.493 e. The summed E-state index contributed by atoms with van der Waals surface area (Å²) in [5, 5.41) is 0. The first-order valence-corrected chi connectivity index (χ1v) is 8.56. The Morgan fingerprint density at radius 2 is 2.00 bits per heavy atom. The molecule has 1 fully saturated rings. The standard InChI is InChI=1S/C19H23N3O3/c1-14(2)13-25-18-6-4-3-5-15(18)16-11-20-12-17(21-16)19(23)22-7-9-24-10-8-22/h3-6,11-12,14H,7-10,13H2,1-2H3. The first kappa shape index (κ1) is 17.4. The molecule has 132 valence electrons. The van der Waals surface area contributed by atoms with Crippen LogP contribution in [0.2, 0.25) is 0 Å². The number of carbonyl (C=O) groups is 1. The van der Waals surface area contributed by atoms with Crippen LogP contribution in [0.15, 0.2) is 36.7 Å². The van der Waals surface area contributed by atoms with Gasteiger partial charge in [0.05, 0.1) is 37.9 Å². The number of nitrogens with zero attached hydrogens (tertiary/aromatic N) is 3. The SMILES string of the molecule is CC(C)COc1ccccc1-c1cncc(C(=O)N2CCOCC2)n1. The van der Waals surface area contributed by atoms with Crippen LogP contribution >= 0.6 is 0 Å². The number of para-hydroxylation sites is 1. The quantitative estimate of drug-likeness (QED) is 0.836. The van der Waals surface area contributed by atoms with Crippen molar-refractivity contribution in [1.29, 1.82) is 0 Å². The number of benzene rings is 1. The number of hydrogen-bond acceptors (Lipinski definition) is 5. The third-order valence-electron chi connectivity index (χ3n) is 3.89. The van der Waals surface area contributed by atoms with E-state index in [1.807, 2.05) is 24.3 Å². The molecule has 25 heavy (non-hydrogen) atoms. The maximum atomic E-state index is 12.6. The van der Waals surface area contributed by atoms with Gasteiger partial charge in [0.15, 0.2) is 0 Å². The molecule has 0 saturated carbocycles. The molecule has 1 saturated heterocycles. The van der Waals surface area contributed by atoms with Crippen molar-refractivity contribution < 1.29 is 14.3 Å². The van der Waals surface area contributed by atoms with Crippen LogP contribution in [0.25, 0.3) is 11.3 Å². The highest BCUT2D eigenvalue weighted by atomic mass is 16.5. The van der Waals surface area contributed by atoms with E-state index in [2.05, 4.69) is 23.8 Å². The molecule has 0 spiro atoms. The Kier molecular flexibility index (Phi) is 5.60. The highest BCUT2D eigenvalue weighted by Crippen LogP contribution is 2.28. The summed E-state index contributed by atoms with van der Waals surface area (Å²) in [5.41, 5.74) is 1.82. The highest BCUT2D eigenvalue weighted by molar-refractivity contribution is 5.92. The van der Waals surface area contributed by atoms with Crippen LogP contribution in [0, 0.1) is 5.92 Å². The molecule has 2 aromatic rings. The predicted molar refractivity (Wildman–Crippen MR) is 94.5 cm³/mol. The normalized spacial score (nSPS) is 14.6. The summed E-state index contributed by atoms with van der Waals surface area (Å²) in [6.45, 7) is 7.11. The van der Waals surface area contributed by atoms with Crippen molar-refractivity contribution in [2.75, 3.05) is 32.9 Å². The van der Waals surface area contributed by atoms with Crippen LogP contribution in [-0.2, 0) is 4.74 Å². The van der Waals surface area contributed by atoms with E-state index >= 15 is 0 Å². The molecule has 1 aliphatic rings. The highest BCUT2D eigenvalue weighted by Gasteiger charge is 2.21. The van der Waals surface area contributed by atoms with E-state index in [4.69, 9.17) is 9.47 Å². The molecular weight excluding hydrogens is 318 g/mol. The van der Waals surface area contributed by atoms with E-state index in [9.17, 15) is 4.79 Å². The van der Waals surface area contributed by atoms with Gasteiger partial charge in [0, 0.05) is 18.7 Å². The maximum absolute atomic E-state index is 12.6. The molecule has 1 amide bonds. The van der Waals surface area contributed by atoms with Crippen molar-refractivity contribution in [1.82, 2.24) is 14.9 Å². The van der Waals surface area contributed by atoms with Gasteiger partial charge in [-0.3, -0.25) is 9.78 Å². The van der Waals surface area contributed by atoms with Crippen molar-refractivity contribution in [3.63, 3.8) is 0 Å². The molecule has 1 aromatic carbocycles. The summed E-state index contributed by atoms with van der Waals surface area (Å²) in [7, 11) is 0. The summed E-state index contributed by atoms with van der Waals surface area (Å²) < 4.78 is 11.2. The van der Waals surface area contributed by atoms with Crippen molar-refractivity contribution in [3.8, 4) is 17.0 Å². The second kappa shape index (κ2) is 8.07. The van der Waals surface area contributed by atoms with Crippen molar-refractivity contribution >= 4 is 5.91 Å². The van der Waals surface area contributed by atoms with Gasteiger partial charge in [-0.25, -0.2) is 4.98 Å². The summed E-state index contributed by atoms with van der Waals surface area (Å²) in [4.78, 5) is 23.1. The smallest absolute Gasteiger partial charge is 0.274 e. The second-order valence-corrected chi connectivity index (χ2v) is 6.40. The fourth-order valence-electron chi connectivity index (χ4n) is 2.59. The van der Waals surface area contributed by atoms with Crippen molar-refractivity contribution in [2.45, 2.75) is 13.8 Å². The zero-order valence-electron chi connectivity index (χ0n) is 14.6. The number of morpholine rings is 1. The molecular formula is C19H23N3O3. The number of amides is 1. The predicted octanol–water partition coefficient (Wildman–Crippen LogP) is 2.65. The van der Waals surface area contributed by atoms with E-state index < -0.39 is 0 Å². The average molecular weight is 341 g/mol. The average Bonchev–Trinajstić information content (AvgIpc) is 2.67. The Labute approximate surface area is 147 Å². The number of ether oxygens (including phenoxy) is 2. The lowest BCUT2D eigenvalue weighted by atomic mass is 10.1. The number of rotatable bonds is 5. The minimum absolute atomic E-state index is 0.113. The molecule has 0 unspecified atom stereocenters. The number of hydrogen-bond donors (Lipinski definition) is 0. The third-order valence-corrected chi connectivity index (χ3v) is 3.89. The third kappa shape index (κ3) is 4.33. The van der Waals surface area contributed by atoms with Gasteiger partial charge in [-0.1, -0.05) is 26.0 Å². The topological polar surface area (TPSA) is 64.5 Å². The molecule has 0 radical (unpaired) electrons. The van der Waals surface area contributed by atoms with Crippen molar-refractivity contribution in [2.24, 2.45) is 5.92 Å². The van der Waals surface area contributed by atoms with Gasteiger partial charge in [-0.2, -0.15) is 0 Å². The molecule has 6 heteroatoms. The minimum atomic E-state index is -0.113. The van der Waals surface area contributed by atoms with Crippen LogP contribution in [0.4, 0.5) is 0 Å². The summed E-state index contributed by atoms with van der Waals surface area (Å²) in [5.74, 6) is 1.06. The van der Waals surface area contributed by atoms with E-state index in [-0.39, 0.29) is 5.91 Å². The molecule has 3 rings (SSSR count). The Morgan fingerprint density at radius 3 is 2.76 bits per heavy atom. The molecule has 0 atom stereocenters. The summed E-state index contributed by atoms with van der Waals surface area (Å²) in [6.07, 6.45) is 3.17. The Morgan fingerprint density at radius 1 is 1.24 bits per heavy atom. The van der Waals surface area contributed by atoms with E-state index in [1.54, 1.807) is 11.1 Å². The number of carbonyl (C=O) groups excluding carboxylic acids is 1. The molecule has 0 N–H and O–H groups in total. The van der Waals surface area contributed by atoms with Gasteiger partial charge < -0.3 is 14.4 Å². The first-order valence-electron chi connectivity index (χ1n) is 8.56. The number of aromatic nitrogens is 2. The van der Waals surface area contributed by atoms with Gasteiger partial charge >= 0.3 is 0 Å². The lowest BCUT2D eigenvalue weighted by molar-refractivity contribution is 0.0299. The summed E-state index contributed by atoms with van der Waals surface area (Å²) in [6, 6.07) is 7.70. The Hall–Kier alpha value is -2.47. The molecule has 1 aromatic heterocycles. The Balaban J connectivity index is 1.85. The molecule has 2 heterocycles. The lowest BCUT2D eigenvalue weighted by Crippen LogP contribution is -2.41. The van der Waals surface area contributed by atoms with Gasteiger partial charge in [0.25, 0.3) is 5.91 Å². The first-order chi connectivity index (χ1) is 12.1. The van der Waals surface area contributed by atoms with Crippen LogP contribution in [0.5, 0.6) is 5.75 Å². The van der Waals surface area contributed by atoms with Crippen LogP contribution < -0.4 is 4.74 Å². The molecule has 0 bridgehead atoms. The van der Waals surface area contributed by atoms with Gasteiger partial charge in [-0.05, 0) is 18.1 Å².